The van der Waals surface area contributed by atoms with E-state index >= 15 is 0 Å². The quantitative estimate of drug-likeness (QED) is 0.686. The molecule has 3 amide bonds. The van der Waals surface area contributed by atoms with Gasteiger partial charge in [-0.1, -0.05) is 23.8 Å². The Morgan fingerprint density at radius 2 is 1.90 bits per heavy atom. The third-order valence-electron chi connectivity index (χ3n) is 4.91. The molecule has 1 aliphatic rings. The highest BCUT2D eigenvalue weighted by atomic mass is 32.1. The molecule has 164 valence electrons. The van der Waals surface area contributed by atoms with Gasteiger partial charge in [-0.25, -0.2) is 4.79 Å². The van der Waals surface area contributed by atoms with E-state index in [-0.39, 0.29) is 18.9 Å². The summed E-state index contributed by atoms with van der Waals surface area (Å²) in [5.74, 6) is -2.09. The van der Waals surface area contributed by atoms with Crippen LogP contribution in [0.2, 0.25) is 0 Å². The first kappa shape index (κ1) is 22.5. The van der Waals surface area contributed by atoms with E-state index in [1.807, 2.05) is 54.0 Å². The molecule has 0 spiro atoms. The maximum absolute atomic E-state index is 12.9. The van der Waals surface area contributed by atoms with E-state index in [4.69, 9.17) is 4.74 Å². The van der Waals surface area contributed by atoms with Crippen LogP contribution >= 0.6 is 11.3 Å². The molecule has 8 nitrogen and oxygen atoms in total. The van der Waals surface area contributed by atoms with Crippen LogP contribution in [0.5, 0.6) is 0 Å². The Morgan fingerprint density at radius 3 is 2.55 bits per heavy atom. The molecule has 2 atom stereocenters. The Balaban J connectivity index is 1.79. The second-order valence-electron chi connectivity index (χ2n) is 7.08. The largest absolute Gasteiger partial charge is 0.455 e. The summed E-state index contributed by atoms with van der Waals surface area (Å²) in [6, 6.07) is 10.7. The molecule has 1 aliphatic heterocycles. The molecule has 9 heteroatoms. The van der Waals surface area contributed by atoms with Crippen LogP contribution in [0.15, 0.2) is 41.8 Å². The highest BCUT2D eigenvalue weighted by Crippen LogP contribution is 2.42. The van der Waals surface area contributed by atoms with Gasteiger partial charge in [0.15, 0.2) is 6.61 Å². The van der Waals surface area contributed by atoms with E-state index in [1.165, 1.54) is 11.3 Å². The van der Waals surface area contributed by atoms with E-state index < -0.39 is 36.5 Å². The number of rotatable bonds is 6. The van der Waals surface area contributed by atoms with Crippen LogP contribution < -0.4 is 10.2 Å². The van der Waals surface area contributed by atoms with Crippen LogP contribution in [0.4, 0.5) is 10.5 Å². The molecular formula is C22H24N2O6S. The summed E-state index contributed by atoms with van der Waals surface area (Å²) >= 11 is 1.45. The highest BCUT2D eigenvalue weighted by Gasteiger charge is 2.43. The molecule has 0 bridgehead atoms. The Hall–Kier alpha value is -3.20. The van der Waals surface area contributed by atoms with Crippen molar-refractivity contribution in [3.63, 3.8) is 0 Å². The van der Waals surface area contributed by atoms with Crippen molar-refractivity contribution in [2.45, 2.75) is 32.7 Å². The Kier molecular flexibility index (Phi) is 7.41. The topological polar surface area (TPSA) is 102 Å². The number of carbonyl (C=O) groups is 4. The molecule has 31 heavy (non-hydrogen) atoms. The number of hydrogen-bond acceptors (Lipinski definition) is 7. The van der Waals surface area contributed by atoms with Gasteiger partial charge in [0.1, 0.15) is 0 Å². The van der Waals surface area contributed by atoms with Crippen molar-refractivity contribution in [2.75, 3.05) is 18.1 Å². The monoisotopic (exact) mass is 444 g/mol. The lowest BCUT2D eigenvalue weighted by Gasteiger charge is -2.39. The van der Waals surface area contributed by atoms with E-state index in [9.17, 15) is 19.2 Å². The van der Waals surface area contributed by atoms with Gasteiger partial charge in [-0.05, 0) is 43.8 Å². The SMILES string of the molecule is CCOC(=O)NC(=O)COC(=O)[C@@H]1CCC(=O)N(c2ccc(C)cc2)[C@@H]1c1cccs1. The van der Waals surface area contributed by atoms with Crippen molar-refractivity contribution in [3.05, 3.63) is 52.2 Å². The number of nitrogens with zero attached hydrogens (tertiary/aromatic N) is 1. The maximum Gasteiger partial charge on any atom is 0.413 e. The normalized spacial score (nSPS) is 18.4. The average Bonchev–Trinajstić information content (AvgIpc) is 3.27. The smallest absolute Gasteiger partial charge is 0.413 e. The van der Waals surface area contributed by atoms with Gasteiger partial charge in [-0.2, -0.15) is 0 Å². The molecule has 1 saturated heterocycles. The number of esters is 1. The third kappa shape index (κ3) is 5.49. The fourth-order valence-corrected chi connectivity index (χ4v) is 4.38. The number of amides is 3. The number of ether oxygens (including phenoxy) is 2. The van der Waals surface area contributed by atoms with Gasteiger partial charge in [0.25, 0.3) is 5.91 Å². The summed E-state index contributed by atoms with van der Waals surface area (Å²) in [6.45, 7) is 3.08. The summed E-state index contributed by atoms with van der Waals surface area (Å²) in [5.41, 5.74) is 1.76. The number of aryl methyl sites for hydroxylation is 1. The van der Waals surface area contributed by atoms with Gasteiger partial charge >= 0.3 is 12.1 Å². The first-order valence-corrected chi connectivity index (χ1v) is 10.8. The van der Waals surface area contributed by atoms with Gasteiger partial charge in [0, 0.05) is 17.0 Å². The third-order valence-corrected chi connectivity index (χ3v) is 5.85. The minimum Gasteiger partial charge on any atom is -0.455 e. The van der Waals surface area contributed by atoms with Crippen LogP contribution in [-0.2, 0) is 23.9 Å². The first-order valence-electron chi connectivity index (χ1n) is 9.96. The van der Waals surface area contributed by atoms with Crippen LogP contribution in [0, 0.1) is 12.8 Å². The summed E-state index contributed by atoms with van der Waals surface area (Å²) < 4.78 is 9.83. The summed E-state index contributed by atoms with van der Waals surface area (Å²) in [6.07, 6.45) is -0.402. The fourth-order valence-electron chi connectivity index (χ4n) is 3.49. The van der Waals surface area contributed by atoms with E-state index in [2.05, 4.69) is 4.74 Å². The van der Waals surface area contributed by atoms with Gasteiger partial charge in [-0.15, -0.1) is 11.3 Å². The number of alkyl carbamates (subject to hydrolysis) is 1. The summed E-state index contributed by atoms with van der Waals surface area (Å²) in [4.78, 5) is 51.4. The van der Waals surface area contributed by atoms with Crippen LogP contribution in [0.3, 0.4) is 0 Å². The zero-order valence-corrected chi connectivity index (χ0v) is 18.1. The Bertz CT molecular complexity index is 941. The lowest BCUT2D eigenvalue weighted by Crippen LogP contribution is -2.46. The second-order valence-corrected chi connectivity index (χ2v) is 8.06. The molecule has 3 rings (SSSR count). The number of piperidine rings is 1. The zero-order chi connectivity index (χ0) is 22.4. The molecule has 1 aromatic heterocycles. The zero-order valence-electron chi connectivity index (χ0n) is 17.3. The van der Waals surface area contributed by atoms with Gasteiger partial charge in [0.05, 0.1) is 18.6 Å². The van der Waals surface area contributed by atoms with E-state index in [1.54, 1.807) is 11.8 Å². The molecule has 1 fully saturated rings. The standard InChI is InChI=1S/C22H24N2O6S/c1-3-29-22(28)23-18(25)13-30-21(27)16-10-11-19(26)24(15-8-6-14(2)7-9-15)20(16)17-5-4-12-31-17/h4-9,12,16,20H,3,10-11,13H2,1-2H3,(H,23,25,28)/t16-,20+/m1/s1. The molecule has 2 aromatic rings. The molecule has 0 saturated carbocycles. The molecular weight excluding hydrogens is 420 g/mol. The van der Waals surface area contributed by atoms with Crippen molar-refractivity contribution < 1.29 is 28.7 Å². The molecule has 0 unspecified atom stereocenters. The van der Waals surface area contributed by atoms with E-state index in [0.29, 0.717) is 12.1 Å². The number of carbonyl (C=O) groups excluding carboxylic acids is 4. The number of benzene rings is 1. The first-order chi connectivity index (χ1) is 14.9. The van der Waals surface area contributed by atoms with Crippen molar-refractivity contribution in [2.24, 2.45) is 5.92 Å². The van der Waals surface area contributed by atoms with Crippen molar-refractivity contribution >= 4 is 40.9 Å². The lowest BCUT2D eigenvalue weighted by molar-refractivity contribution is -0.154. The molecule has 1 aromatic carbocycles. The Labute approximate surface area is 184 Å². The van der Waals surface area contributed by atoms with Crippen LogP contribution in [-0.4, -0.2) is 37.1 Å². The molecule has 1 N–H and O–H groups in total. The lowest BCUT2D eigenvalue weighted by atomic mass is 9.87. The van der Waals surface area contributed by atoms with Crippen LogP contribution in [0.1, 0.15) is 36.2 Å². The fraction of sp³-hybridized carbons (Fsp3) is 0.364. The Morgan fingerprint density at radius 1 is 1.16 bits per heavy atom. The van der Waals surface area contributed by atoms with Gasteiger partial charge < -0.3 is 14.4 Å². The maximum atomic E-state index is 12.9. The minimum absolute atomic E-state index is 0.0774. The molecule has 0 aliphatic carbocycles. The number of anilines is 1. The number of thiophene rings is 1. The minimum atomic E-state index is -0.895. The summed E-state index contributed by atoms with van der Waals surface area (Å²) in [5, 5.41) is 3.87. The van der Waals surface area contributed by atoms with Crippen molar-refractivity contribution in [1.82, 2.24) is 5.32 Å². The number of hydrogen-bond donors (Lipinski definition) is 1. The predicted octanol–water partition coefficient (Wildman–Crippen LogP) is 3.36. The number of imide groups is 1. The van der Waals surface area contributed by atoms with E-state index in [0.717, 1.165) is 10.4 Å². The van der Waals surface area contributed by atoms with Crippen molar-refractivity contribution in [3.8, 4) is 0 Å². The highest BCUT2D eigenvalue weighted by molar-refractivity contribution is 7.10. The number of nitrogens with one attached hydrogen (secondary N) is 1. The summed E-state index contributed by atoms with van der Waals surface area (Å²) in [7, 11) is 0. The van der Waals surface area contributed by atoms with Gasteiger partial charge in [-0.3, -0.25) is 19.7 Å². The van der Waals surface area contributed by atoms with Gasteiger partial charge in [0.2, 0.25) is 5.91 Å². The second kappa shape index (κ2) is 10.2. The average molecular weight is 445 g/mol. The van der Waals surface area contributed by atoms with Crippen LogP contribution in [0.25, 0.3) is 0 Å². The molecule has 2 heterocycles. The van der Waals surface area contributed by atoms with Crippen molar-refractivity contribution in [1.29, 1.82) is 0 Å². The molecule has 0 radical (unpaired) electrons. The predicted molar refractivity (Wildman–Crippen MR) is 115 cm³/mol.